The fourth-order valence-corrected chi connectivity index (χ4v) is 1.74. The third-order valence-corrected chi connectivity index (χ3v) is 2.61. The maximum atomic E-state index is 11.5. The summed E-state index contributed by atoms with van der Waals surface area (Å²) in [4.78, 5) is 11.5. The average molecular weight is 214 g/mol. The lowest BCUT2D eigenvalue weighted by molar-refractivity contribution is -0.124. The van der Waals surface area contributed by atoms with Crippen molar-refractivity contribution in [1.29, 1.82) is 0 Å². The Morgan fingerprint density at radius 2 is 2.27 bits per heavy atom. The van der Waals surface area contributed by atoms with Crippen LogP contribution in [0.25, 0.3) is 0 Å². The number of hydrogen-bond donors (Lipinski definition) is 2. The third kappa shape index (κ3) is 5.74. The number of carbonyl (C=O) groups excluding carboxylic acids is 1. The third-order valence-electron chi connectivity index (χ3n) is 2.61. The van der Waals surface area contributed by atoms with Crippen molar-refractivity contribution in [2.75, 3.05) is 26.7 Å². The van der Waals surface area contributed by atoms with Gasteiger partial charge < -0.3 is 15.4 Å². The van der Waals surface area contributed by atoms with E-state index in [0.717, 1.165) is 39.0 Å². The van der Waals surface area contributed by atoms with Crippen LogP contribution in [0.3, 0.4) is 0 Å². The number of carbonyl (C=O) groups is 1. The zero-order valence-electron chi connectivity index (χ0n) is 9.55. The van der Waals surface area contributed by atoms with Gasteiger partial charge in [0, 0.05) is 13.2 Å². The molecule has 0 aromatic heterocycles. The van der Waals surface area contributed by atoms with E-state index in [-0.39, 0.29) is 12.0 Å². The predicted molar refractivity (Wildman–Crippen MR) is 59.8 cm³/mol. The van der Waals surface area contributed by atoms with Crippen LogP contribution < -0.4 is 10.6 Å². The molecule has 1 atom stereocenters. The Kier molecular flexibility index (Phi) is 6.36. The highest BCUT2D eigenvalue weighted by Crippen LogP contribution is 2.15. The summed E-state index contributed by atoms with van der Waals surface area (Å²) in [5.41, 5.74) is 0. The molecule has 0 radical (unpaired) electrons. The molecule has 4 heteroatoms. The monoisotopic (exact) mass is 214 g/mol. The maximum absolute atomic E-state index is 11.5. The van der Waals surface area contributed by atoms with Crippen LogP contribution in [0.5, 0.6) is 0 Å². The molecule has 1 unspecified atom stereocenters. The topological polar surface area (TPSA) is 50.4 Å². The van der Waals surface area contributed by atoms with Crippen LogP contribution in [0.2, 0.25) is 0 Å². The Bertz CT molecular complexity index is 179. The van der Waals surface area contributed by atoms with Gasteiger partial charge in [0.15, 0.2) is 0 Å². The van der Waals surface area contributed by atoms with Crippen molar-refractivity contribution in [3.8, 4) is 0 Å². The van der Waals surface area contributed by atoms with Crippen LogP contribution in [0.1, 0.15) is 32.1 Å². The van der Waals surface area contributed by atoms with Gasteiger partial charge in [0.25, 0.3) is 0 Å². The van der Waals surface area contributed by atoms with Crippen LogP contribution >= 0.6 is 0 Å². The van der Waals surface area contributed by atoms with Crippen molar-refractivity contribution in [2.24, 2.45) is 0 Å². The van der Waals surface area contributed by atoms with Gasteiger partial charge in [-0.05, 0) is 39.3 Å². The van der Waals surface area contributed by atoms with Crippen LogP contribution in [0, 0.1) is 0 Å². The van der Waals surface area contributed by atoms with Gasteiger partial charge >= 0.3 is 0 Å². The molecule has 2 N–H and O–H groups in total. The lowest BCUT2D eigenvalue weighted by Gasteiger charge is -2.21. The Morgan fingerprint density at radius 3 is 2.93 bits per heavy atom. The minimum atomic E-state index is 0.123. The van der Waals surface area contributed by atoms with Gasteiger partial charge in [-0.15, -0.1) is 0 Å². The first-order valence-electron chi connectivity index (χ1n) is 5.86. The lowest BCUT2D eigenvalue weighted by Crippen LogP contribution is -2.31. The molecule has 0 spiro atoms. The average Bonchev–Trinajstić information content (AvgIpc) is 2.26. The Morgan fingerprint density at radius 1 is 1.40 bits per heavy atom. The van der Waals surface area contributed by atoms with Gasteiger partial charge in [0.05, 0.1) is 12.5 Å². The zero-order chi connectivity index (χ0) is 10.9. The second kappa shape index (κ2) is 7.65. The van der Waals surface area contributed by atoms with Crippen molar-refractivity contribution in [3.05, 3.63) is 0 Å². The summed E-state index contributed by atoms with van der Waals surface area (Å²) in [6.45, 7) is 2.52. The Labute approximate surface area is 91.8 Å². The first-order chi connectivity index (χ1) is 7.33. The van der Waals surface area contributed by atoms with Gasteiger partial charge in [-0.1, -0.05) is 0 Å². The maximum Gasteiger partial charge on any atom is 0.222 e. The summed E-state index contributed by atoms with van der Waals surface area (Å²) >= 11 is 0. The fraction of sp³-hybridized carbons (Fsp3) is 0.909. The Balaban J connectivity index is 2.01. The van der Waals surface area contributed by atoms with E-state index >= 15 is 0 Å². The second-order valence-electron chi connectivity index (χ2n) is 4.00. The molecular weight excluding hydrogens is 192 g/mol. The van der Waals surface area contributed by atoms with Crippen LogP contribution in [0.4, 0.5) is 0 Å². The zero-order valence-corrected chi connectivity index (χ0v) is 9.55. The molecule has 1 fully saturated rings. The number of ether oxygens (including phenoxy) is 1. The Hall–Kier alpha value is -0.610. The van der Waals surface area contributed by atoms with E-state index in [4.69, 9.17) is 4.74 Å². The summed E-state index contributed by atoms with van der Waals surface area (Å²) in [5.74, 6) is 0.123. The van der Waals surface area contributed by atoms with E-state index in [2.05, 4.69) is 10.6 Å². The van der Waals surface area contributed by atoms with Crippen LogP contribution in [0.15, 0.2) is 0 Å². The summed E-state index contributed by atoms with van der Waals surface area (Å²) in [6.07, 6.45) is 5.03. The molecule has 0 saturated carbocycles. The van der Waals surface area contributed by atoms with Gasteiger partial charge in [0.2, 0.25) is 5.91 Å². The minimum absolute atomic E-state index is 0.123. The highest BCUT2D eigenvalue weighted by molar-refractivity contribution is 5.76. The van der Waals surface area contributed by atoms with E-state index < -0.39 is 0 Å². The summed E-state index contributed by atoms with van der Waals surface area (Å²) < 4.78 is 5.50. The van der Waals surface area contributed by atoms with Crippen LogP contribution in [-0.2, 0) is 9.53 Å². The van der Waals surface area contributed by atoms with Gasteiger partial charge in [-0.2, -0.15) is 0 Å². The molecule has 15 heavy (non-hydrogen) atoms. The van der Waals surface area contributed by atoms with Gasteiger partial charge in [0.1, 0.15) is 0 Å². The molecule has 0 bridgehead atoms. The van der Waals surface area contributed by atoms with E-state index in [1.54, 1.807) is 0 Å². The van der Waals surface area contributed by atoms with Crippen molar-refractivity contribution in [1.82, 2.24) is 10.6 Å². The summed E-state index contributed by atoms with van der Waals surface area (Å²) in [7, 11) is 1.91. The molecule has 4 nitrogen and oxygen atoms in total. The smallest absolute Gasteiger partial charge is 0.222 e. The highest BCUT2D eigenvalue weighted by Gasteiger charge is 2.16. The minimum Gasteiger partial charge on any atom is -0.378 e. The molecule has 1 aliphatic rings. The first-order valence-corrected chi connectivity index (χ1v) is 5.86. The predicted octanol–water partition coefficient (Wildman–Crippen LogP) is 0.671. The molecule has 1 saturated heterocycles. The van der Waals surface area contributed by atoms with E-state index in [1.807, 2.05) is 7.05 Å². The normalized spacial score (nSPS) is 21.3. The quantitative estimate of drug-likeness (QED) is 0.639. The van der Waals surface area contributed by atoms with E-state index in [9.17, 15) is 4.79 Å². The van der Waals surface area contributed by atoms with Crippen molar-refractivity contribution >= 4 is 5.91 Å². The van der Waals surface area contributed by atoms with Crippen molar-refractivity contribution in [3.63, 3.8) is 0 Å². The molecule has 1 aliphatic heterocycles. The number of amides is 1. The van der Waals surface area contributed by atoms with Gasteiger partial charge in [-0.3, -0.25) is 4.79 Å². The number of rotatable bonds is 6. The molecule has 1 amide bonds. The summed E-state index contributed by atoms with van der Waals surface area (Å²) in [5, 5.41) is 5.95. The molecule has 1 heterocycles. The van der Waals surface area contributed by atoms with Gasteiger partial charge in [-0.25, -0.2) is 0 Å². The largest absolute Gasteiger partial charge is 0.378 e. The molecule has 88 valence electrons. The van der Waals surface area contributed by atoms with Crippen LogP contribution in [-0.4, -0.2) is 38.8 Å². The van der Waals surface area contributed by atoms with Crippen molar-refractivity contribution in [2.45, 2.75) is 38.2 Å². The summed E-state index contributed by atoms with van der Waals surface area (Å²) in [6, 6.07) is 0. The molecule has 1 rings (SSSR count). The number of nitrogens with one attached hydrogen (secondary N) is 2. The number of hydrogen-bond acceptors (Lipinski definition) is 3. The van der Waals surface area contributed by atoms with Crippen molar-refractivity contribution < 1.29 is 9.53 Å². The highest BCUT2D eigenvalue weighted by atomic mass is 16.5. The van der Waals surface area contributed by atoms with E-state index in [1.165, 1.54) is 6.42 Å². The molecule has 0 aromatic carbocycles. The molecule has 0 aliphatic carbocycles. The molecule has 0 aromatic rings. The molecular formula is C11H22N2O2. The SMILES string of the molecule is CNCCCNC(=O)CC1CCCCO1. The second-order valence-corrected chi connectivity index (χ2v) is 4.00. The lowest BCUT2D eigenvalue weighted by atomic mass is 10.1. The fourth-order valence-electron chi connectivity index (χ4n) is 1.74. The first kappa shape index (κ1) is 12.5. The standard InChI is InChI=1S/C11H22N2O2/c1-12-6-4-7-13-11(14)9-10-5-2-3-8-15-10/h10,12H,2-9H2,1H3,(H,13,14). The van der Waals surface area contributed by atoms with E-state index in [0.29, 0.717) is 6.42 Å².